The lowest BCUT2D eigenvalue weighted by molar-refractivity contribution is -0.159. The Morgan fingerprint density at radius 1 is 1.14 bits per heavy atom. The van der Waals surface area contributed by atoms with Gasteiger partial charge in [-0.25, -0.2) is 9.18 Å². The van der Waals surface area contributed by atoms with Crippen molar-refractivity contribution in [2.24, 2.45) is 0 Å². The van der Waals surface area contributed by atoms with Gasteiger partial charge in [0.25, 0.3) is 0 Å². The molecular formula is C10H9FO3. The van der Waals surface area contributed by atoms with Crippen molar-refractivity contribution in [1.82, 2.24) is 0 Å². The van der Waals surface area contributed by atoms with Crippen LogP contribution >= 0.6 is 0 Å². The molecule has 0 radical (unpaired) electrons. The van der Waals surface area contributed by atoms with Gasteiger partial charge in [0.15, 0.2) is 6.67 Å². The lowest BCUT2D eigenvalue weighted by atomic mass is 10.2. The van der Waals surface area contributed by atoms with Gasteiger partial charge >= 0.3 is 11.9 Å². The van der Waals surface area contributed by atoms with Crippen molar-refractivity contribution in [2.75, 3.05) is 6.67 Å². The SMILES string of the molecule is O=C(CF)OC(=O)Cc1ccccc1. The zero-order valence-corrected chi connectivity index (χ0v) is 7.40. The van der Waals surface area contributed by atoms with Crippen molar-refractivity contribution in [3.8, 4) is 0 Å². The fourth-order valence-electron chi connectivity index (χ4n) is 0.953. The molecule has 0 N–H and O–H groups in total. The topological polar surface area (TPSA) is 43.4 Å². The average molecular weight is 196 g/mol. The second-order valence-corrected chi connectivity index (χ2v) is 2.64. The third-order valence-electron chi connectivity index (χ3n) is 1.53. The van der Waals surface area contributed by atoms with Gasteiger partial charge in [-0.15, -0.1) is 0 Å². The Morgan fingerprint density at radius 2 is 1.79 bits per heavy atom. The Balaban J connectivity index is 2.46. The van der Waals surface area contributed by atoms with Crippen molar-refractivity contribution >= 4 is 11.9 Å². The van der Waals surface area contributed by atoms with E-state index in [2.05, 4.69) is 4.74 Å². The summed E-state index contributed by atoms with van der Waals surface area (Å²) in [6.45, 7) is -1.28. The average Bonchev–Trinajstić information content (AvgIpc) is 2.19. The first-order valence-electron chi connectivity index (χ1n) is 4.06. The Kier molecular flexibility index (Phi) is 3.79. The van der Waals surface area contributed by atoms with E-state index in [0.717, 1.165) is 5.56 Å². The van der Waals surface area contributed by atoms with E-state index < -0.39 is 18.6 Å². The fraction of sp³-hybridized carbons (Fsp3) is 0.200. The van der Waals surface area contributed by atoms with Crippen LogP contribution in [-0.2, 0) is 20.7 Å². The maximum absolute atomic E-state index is 11.7. The third kappa shape index (κ3) is 3.35. The van der Waals surface area contributed by atoms with E-state index in [9.17, 15) is 14.0 Å². The predicted molar refractivity (Wildman–Crippen MR) is 47.2 cm³/mol. The molecule has 0 aliphatic carbocycles. The van der Waals surface area contributed by atoms with Gasteiger partial charge in [0.2, 0.25) is 0 Å². The van der Waals surface area contributed by atoms with Crippen LogP contribution in [-0.4, -0.2) is 18.6 Å². The summed E-state index contributed by atoms with van der Waals surface area (Å²) in [6.07, 6.45) is -0.0213. The molecule has 0 saturated carbocycles. The highest BCUT2D eigenvalue weighted by molar-refractivity contribution is 5.87. The molecule has 1 aromatic carbocycles. The second kappa shape index (κ2) is 5.11. The van der Waals surface area contributed by atoms with Crippen LogP contribution in [0.15, 0.2) is 30.3 Å². The zero-order chi connectivity index (χ0) is 10.4. The monoisotopic (exact) mass is 196 g/mol. The molecule has 0 unspecified atom stereocenters. The van der Waals surface area contributed by atoms with Gasteiger partial charge in [-0.3, -0.25) is 4.79 Å². The number of carbonyl (C=O) groups excluding carboxylic acids is 2. The molecule has 1 rings (SSSR count). The quantitative estimate of drug-likeness (QED) is 0.540. The lowest BCUT2D eigenvalue weighted by Crippen LogP contribution is -2.15. The second-order valence-electron chi connectivity index (χ2n) is 2.64. The number of alkyl halides is 1. The third-order valence-corrected chi connectivity index (χ3v) is 1.53. The molecular weight excluding hydrogens is 187 g/mol. The van der Waals surface area contributed by atoms with Gasteiger partial charge in [-0.1, -0.05) is 30.3 Å². The van der Waals surface area contributed by atoms with Crippen LogP contribution in [0.4, 0.5) is 4.39 Å². The molecule has 0 fully saturated rings. The van der Waals surface area contributed by atoms with Crippen LogP contribution in [0.1, 0.15) is 5.56 Å². The molecule has 0 saturated heterocycles. The molecule has 0 heterocycles. The Labute approximate surface area is 80.5 Å². The Bertz CT molecular complexity index is 321. The molecule has 0 aromatic heterocycles. The van der Waals surface area contributed by atoms with Gasteiger partial charge in [-0.05, 0) is 5.56 Å². The van der Waals surface area contributed by atoms with E-state index in [1.807, 2.05) is 6.07 Å². The summed E-state index contributed by atoms with van der Waals surface area (Å²) in [4.78, 5) is 21.4. The number of hydrogen-bond acceptors (Lipinski definition) is 3. The number of carbonyl (C=O) groups is 2. The fourth-order valence-corrected chi connectivity index (χ4v) is 0.953. The molecule has 0 aliphatic rings. The van der Waals surface area contributed by atoms with Crippen molar-refractivity contribution < 1.29 is 18.7 Å². The van der Waals surface area contributed by atoms with E-state index in [-0.39, 0.29) is 6.42 Å². The summed E-state index contributed by atoms with van der Waals surface area (Å²) in [5.74, 6) is -1.88. The van der Waals surface area contributed by atoms with Crippen LogP contribution in [0.2, 0.25) is 0 Å². The van der Waals surface area contributed by atoms with Crippen molar-refractivity contribution in [1.29, 1.82) is 0 Å². The molecule has 0 bridgehead atoms. The van der Waals surface area contributed by atoms with Gasteiger partial charge in [0.05, 0.1) is 6.42 Å². The highest BCUT2D eigenvalue weighted by Crippen LogP contribution is 2.00. The maximum atomic E-state index is 11.7. The van der Waals surface area contributed by atoms with E-state index in [0.29, 0.717) is 0 Å². The van der Waals surface area contributed by atoms with Gasteiger partial charge in [0.1, 0.15) is 0 Å². The minimum absolute atomic E-state index is 0.0213. The number of rotatable bonds is 3. The number of esters is 2. The minimum atomic E-state index is -1.28. The summed E-state index contributed by atoms with van der Waals surface area (Å²) >= 11 is 0. The van der Waals surface area contributed by atoms with Crippen LogP contribution < -0.4 is 0 Å². The van der Waals surface area contributed by atoms with Crippen LogP contribution in [0.3, 0.4) is 0 Å². The molecule has 14 heavy (non-hydrogen) atoms. The maximum Gasteiger partial charge on any atom is 0.345 e. The largest absolute Gasteiger partial charge is 0.391 e. The van der Waals surface area contributed by atoms with Gasteiger partial charge < -0.3 is 4.74 Å². The molecule has 0 spiro atoms. The van der Waals surface area contributed by atoms with E-state index >= 15 is 0 Å². The van der Waals surface area contributed by atoms with Crippen LogP contribution in [0.5, 0.6) is 0 Å². The van der Waals surface area contributed by atoms with Crippen molar-refractivity contribution in [3.63, 3.8) is 0 Å². The first-order chi connectivity index (χ1) is 6.72. The number of halogens is 1. The smallest absolute Gasteiger partial charge is 0.345 e. The molecule has 0 aliphatic heterocycles. The molecule has 3 nitrogen and oxygen atoms in total. The lowest BCUT2D eigenvalue weighted by Gasteiger charge is -2.00. The van der Waals surface area contributed by atoms with Crippen LogP contribution in [0, 0.1) is 0 Å². The first kappa shape index (κ1) is 10.4. The van der Waals surface area contributed by atoms with E-state index in [1.54, 1.807) is 24.3 Å². The van der Waals surface area contributed by atoms with Gasteiger partial charge in [0, 0.05) is 0 Å². The van der Waals surface area contributed by atoms with Crippen molar-refractivity contribution in [2.45, 2.75) is 6.42 Å². The van der Waals surface area contributed by atoms with Crippen molar-refractivity contribution in [3.05, 3.63) is 35.9 Å². The summed E-state index contributed by atoms with van der Waals surface area (Å²) in [6, 6.07) is 8.78. The predicted octanol–water partition coefficient (Wildman–Crippen LogP) is 1.27. The van der Waals surface area contributed by atoms with E-state index in [4.69, 9.17) is 0 Å². The molecule has 1 aromatic rings. The molecule has 74 valence electrons. The highest BCUT2D eigenvalue weighted by atomic mass is 19.1. The summed E-state index contributed by atoms with van der Waals surface area (Å²) in [5.41, 5.74) is 0.726. The van der Waals surface area contributed by atoms with E-state index in [1.165, 1.54) is 0 Å². The highest BCUT2D eigenvalue weighted by Gasteiger charge is 2.09. The summed E-state index contributed by atoms with van der Waals surface area (Å²) in [5, 5.41) is 0. The first-order valence-corrected chi connectivity index (χ1v) is 4.06. The number of benzene rings is 1. The molecule has 4 heteroatoms. The number of ether oxygens (including phenoxy) is 1. The Morgan fingerprint density at radius 3 is 2.36 bits per heavy atom. The number of hydrogen-bond donors (Lipinski definition) is 0. The Hall–Kier alpha value is -1.71. The normalized spacial score (nSPS) is 9.50. The minimum Gasteiger partial charge on any atom is -0.391 e. The van der Waals surface area contributed by atoms with Gasteiger partial charge in [-0.2, -0.15) is 0 Å². The molecule has 0 amide bonds. The summed E-state index contributed by atoms with van der Waals surface area (Å²) < 4.78 is 15.8. The zero-order valence-electron chi connectivity index (χ0n) is 7.40. The standard InChI is InChI=1S/C10H9FO3/c11-7-10(13)14-9(12)6-8-4-2-1-3-5-8/h1-5H,6-7H2. The summed E-state index contributed by atoms with van der Waals surface area (Å²) in [7, 11) is 0. The van der Waals surface area contributed by atoms with Crippen LogP contribution in [0.25, 0.3) is 0 Å². The molecule has 0 atom stereocenters.